The molecule has 1 amide bonds. The molecule has 23 heavy (non-hydrogen) atoms. The van der Waals surface area contributed by atoms with Gasteiger partial charge in [0, 0.05) is 32.3 Å². The van der Waals surface area contributed by atoms with Gasteiger partial charge >= 0.3 is 0 Å². The minimum absolute atomic E-state index is 0.0393. The molecule has 0 aromatic heterocycles. The number of hydrogen-bond donors (Lipinski definition) is 1. The summed E-state index contributed by atoms with van der Waals surface area (Å²) >= 11 is 0. The average molecular weight is 325 g/mol. The van der Waals surface area contributed by atoms with Crippen LogP contribution in [-0.4, -0.2) is 48.6 Å². The number of non-ortho nitro benzene ring substituents is 1. The third kappa shape index (κ3) is 4.62. The Bertz CT molecular complexity index is 574. The first kappa shape index (κ1) is 17.1. The number of carbonyl (C=O) groups is 1. The highest BCUT2D eigenvalue weighted by atomic mass is 19.1. The van der Waals surface area contributed by atoms with Crippen molar-refractivity contribution in [3.63, 3.8) is 0 Å². The topological polar surface area (TPSA) is 84.7 Å². The number of hydrogen-bond acceptors (Lipinski definition) is 5. The lowest BCUT2D eigenvalue weighted by Gasteiger charge is -2.33. The molecule has 0 atom stereocenters. The Labute approximate surface area is 133 Å². The van der Waals surface area contributed by atoms with E-state index in [0.717, 1.165) is 6.07 Å². The summed E-state index contributed by atoms with van der Waals surface area (Å²) in [5.41, 5.74) is -0.0219. The van der Waals surface area contributed by atoms with E-state index in [1.54, 1.807) is 12.0 Å². The molecule has 8 heteroatoms. The number of ether oxygens (including phenoxy) is 1. The molecule has 0 spiro atoms. The van der Waals surface area contributed by atoms with Crippen LogP contribution >= 0.6 is 0 Å². The van der Waals surface area contributed by atoms with Crippen LogP contribution < -0.4 is 5.32 Å². The second kappa shape index (κ2) is 7.87. The Hall–Kier alpha value is -2.22. The number of rotatable bonds is 6. The number of piperidine rings is 1. The molecule has 0 unspecified atom stereocenters. The number of nitrogens with zero attached hydrogens (tertiary/aromatic N) is 2. The predicted octanol–water partition coefficient (Wildman–Crippen LogP) is 2.17. The van der Waals surface area contributed by atoms with E-state index in [-0.39, 0.29) is 23.3 Å². The van der Waals surface area contributed by atoms with Gasteiger partial charge in [0.25, 0.3) is 5.69 Å². The van der Waals surface area contributed by atoms with Crippen molar-refractivity contribution >= 4 is 17.3 Å². The minimum atomic E-state index is -0.641. The molecule has 1 aromatic rings. The number of nitro benzene ring substituents is 1. The summed E-state index contributed by atoms with van der Waals surface area (Å²) < 4.78 is 18.8. The molecule has 1 aliphatic heterocycles. The Kier molecular flexibility index (Phi) is 5.86. The zero-order chi connectivity index (χ0) is 16.8. The highest BCUT2D eigenvalue weighted by Crippen LogP contribution is 2.23. The first-order valence-corrected chi connectivity index (χ1v) is 7.48. The molecule has 1 heterocycles. The number of nitrogens with one attached hydrogen (secondary N) is 1. The Morgan fingerprint density at radius 1 is 1.48 bits per heavy atom. The van der Waals surface area contributed by atoms with Crippen LogP contribution in [-0.2, 0) is 9.53 Å². The quantitative estimate of drug-likeness (QED) is 0.640. The van der Waals surface area contributed by atoms with Gasteiger partial charge in [0.1, 0.15) is 0 Å². The van der Waals surface area contributed by atoms with E-state index in [2.05, 4.69) is 5.32 Å². The van der Waals surface area contributed by atoms with Gasteiger partial charge in [-0.1, -0.05) is 0 Å². The van der Waals surface area contributed by atoms with Crippen LogP contribution in [0.25, 0.3) is 0 Å². The largest absolute Gasteiger partial charge is 0.384 e. The fourth-order valence-electron chi connectivity index (χ4n) is 2.58. The number of nitro groups is 1. The lowest BCUT2D eigenvalue weighted by molar-refractivity contribution is -0.385. The molecule has 0 radical (unpaired) electrons. The van der Waals surface area contributed by atoms with Crippen molar-refractivity contribution in [2.45, 2.75) is 25.3 Å². The highest BCUT2D eigenvalue weighted by molar-refractivity contribution is 5.76. The second-order valence-electron chi connectivity index (χ2n) is 5.46. The molecular formula is C15H20FN3O4. The first-order chi connectivity index (χ1) is 11.0. The van der Waals surface area contributed by atoms with Crippen LogP contribution in [0.3, 0.4) is 0 Å². The number of amides is 1. The molecule has 0 bridgehead atoms. The van der Waals surface area contributed by atoms with E-state index in [4.69, 9.17) is 4.74 Å². The SMILES string of the molecule is COCCC(=O)N1CCC(Nc2ccc([N+](=O)[O-])cc2F)CC1. The van der Waals surface area contributed by atoms with Crippen molar-refractivity contribution in [3.05, 3.63) is 34.1 Å². The molecular weight excluding hydrogens is 305 g/mol. The number of anilines is 1. The molecule has 0 aliphatic carbocycles. The molecule has 1 aliphatic rings. The number of benzene rings is 1. The Balaban J connectivity index is 1.87. The first-order valence-electron chi connectivity index (χ1n) is 7.48. The van der Waals surface area contributed by atoms with Gasteiger partial charge in [-0.3, -0.25) is 14.9 Å². The summed E-state index contributed by atoms with van der Waals surface area (Å²) in [6.07, 6.45) is 1.77. The van der Waals surface area contributed by atoms with Crippen molar-refractivity contribution in [1.29, 1.82) is 0 Å². The summed E-state index contributed by atoms with van der Waals surface area (Å²) in [5, 5.41) is 13.7. The third-order valence-corrected chi connectivity index (χ3v) is 3.89. The monoisotopic (exact) mass is 325 g/mol. The Morgan fingerprint density at radius 3 is 2.74 bits per heavy atom. The zero-order valence-electron chi connectivity index (χ0n) is 13.0. The molecule has 1 fully saturated rings. The van der Waals surface area contributed by atoms with Crippen LogP contribution in [0.5, 0.6) is 0 Å². The van der Waals surface area contributed by atoms with Gasteiger partial charge < -0.3 is 15.0 Å². The normalized spacial score (nSPS) is 15.5. The van der Waals surface area contributed by atoms with E-state index in [1.807, 2.05) is 0 Å². The fraction of sp³-hybridized carbons (Fsp3) is 0.533. The summed E-state index contributed by atoms with van der Waals surface area (Å²) in [6.45, 7) is 1.62. The lowest BCUT2D eigenvalue weighted by atomic mass is 10.0. The fourth-order valence-corrected chi connectivity index (χ4v) is 2.58. The average Bonchev–Trinajstić information content (AvgIpc) is 2.55. The minimum Gasteiger partial charge on any atom is -0.384 e. The van der Waals surface area contributed by atoms with Crippen molar-refractivity contribution < 1.29 is 18.8 Å². The van der Waals surface area contributed by atoms with E-state index < -0.39 is 10.7 Å². The summed E-state index contributed by atoms with van der Waals surface area (Å²) in [7, 11) is 1.56. The van der Waals surface area contributed by atoms with Gasteiger partial charge in [0.05, 0.1) is 29.7 Å². The maximum atomic E-state index is 13.9. The summed E-state index contributed by atoms with van der Waals surface area (Å²) in [6, 6.07) is 3.60. The summed E-state index contributed by atoms with van der Waals surface area (Å²) in [4.78, 5) is 23.6. The van der Waals surface area contributed by atoms with Gasteiger partial charge in [0.2, 0.25) is 5.91 Å². The van der Waals surface area contributed by atoms with E-state index >= 15 is 0 Å². The van der Waals surface area contributed by atoms with Crippen LogP contribution in [0.4, 0.5) is 15.8 Å². The standard InChI is InChI=1S/C15H20FN3O4/c1-23-9-6-15(20)18-7-4-11(5-8-18)17-14-3-2-12(19(21)22)10-13(14)16/h2-3,10-11,17H,4-9H2,1H3. The van der Waals surface area contributed by atoms with Crippen molar-refractivity contribution in [1.82, 2.24) is 4.90 Å². The molecule has 126 valence electrons. The molecule has 7 nitrogen and oxygen atoms in total. The van der Waals surface area contributed by atoms with Crippen LogP contribution in [0, 0.1) is 15.9 Å². The van der Waals surface area contributed by atoms with E-state index in [9.17, 15) is 19.3 Å². The van der Waals surface area contributed by atoms with Crippen molar-refractivity contribution in [2.24, 2.45) is 0 Å². The third-order valence-electron chi connectivity index (χ3n) is 3.89. The van der Waals surface area contributed by atoms with Gasteiger partial charge in [-0.25, -0.2) is 4.39 Å². The van der Waals surface area contributed by atoms with Gasteiger partial charge in [-0.2, -0.15) is 0 Å². The van der Waals surface area contributed by atoms with E-state index in [1.165, 1.54) is 12.1 Å². The van der Waals surface area contributed by atoms with Crippen LogP contribution in [0.2, 0.25) is 0 Å². The molecule has 2 rings (SSSR count). The number of carbonyl (C=O) groups excluding carboxylic acids is 1. The predicted molar refractivity (Wildman–Crippen MR) is 82.8 cm³/mol. The second-order valence-corrected chi connectivity index (χ2v) is 5.46. The van der Waals surface area contributed by atoms with Crippen molar-refractivity contribution in [3.8, 4) is 0 Å². The van der Waals surface area contributed by atoms with Gasteiger partial charge in [-0.15, -0.1) is 0 Å². The highest BCUT2D eigenvalue weighted by Gasteiger charge is 2.23. The number of methoxy groups -OCH3 is 1. The van der Waals surface area contributed by atoms with Crippen molar-refractivity contribution in [2.75, 3.05) is 32.1 Å². The number of likely N-dealkylation sites (tertiary alicyclic amines) is 1. The maximum absolute atomic E-state index is 13.9. The molecule has 1 aromatic carbocycles. The van der Waals surface area contributed by atoms with Gasteiger partial charge in [-0.05, 0) is 18.9 Å². The molecule has 1 saturated heterocycles. The summed E-state index contributed by atoms with van der Waals surface area (Å²) in [5.74, 6) is -0.579. The molecule has 0 saturated carbocycles. The Morgan fingerprint density at radius 2 is 2.17 bits per heavy atom. The van der Waals surface area contributed by atoms with E-state index in [0.29, 0.717) is 39.0 Å². The number of halogens is 1. The van der Waals surface area contributed by atoms with Crippen LogP contribution in [0.15, 0.2) is 18.2 Å². The maximum Gasteiger partial charge on any atom is 0.272 e. The lowest BCUT2D eigenvalue weighted by Crippen LogP contribution is -2.42. The van der Waals surface area contributed by atoms with Crippen LogP contribution in [0.1, 0.15) is 19.3 Å². The van der Waals surface area contributed by atoms with Gasteiger partial charge in [0.15, 0.2) is 5.82 Å². The molecule has 1 N–H and O–H groups in total. The zero-order valence-corrected chi connectivity index (χ0v) is 13.0. The smallest absolute Gasteiger partial charge is 0.272 e.